The number of sulfonamides is 1. The summed E-state index contributed by atoms with van der Waals surface area (Å²) in [5.41, 5.74) is 2.39. The van der Waals surface area contributed by atoms with Gasteiger partial charge in [-0.2, -0.15) is 0 Å². The molecule has 3 aromatic rings. The second-order valence-electron chi connectivity index (χ2n) is 5.62. The highest BCUT2D eigenvalue weighted by Crippen LogP contribution is 2.22. The summed E-state index contributed by atoms with van der Waals surface area (Å²) in [5, 5.41) is 2.79. The molecule has 0 radical (unpaired) electrons. The number of methoxy groups -OCH3 is 1. The van der Waals surface area contributed by atoms with Gasteiger partial charge in [0.2, 0.25) is 10.0 Å². The first-order valence-electron chi connectivity index (χ1n) is 8.00. The maximum absolute atomic E-state index is 12.4. The van der Waals surface area contributed by atoms with E-state index in [0.29, 0.717) is 12.2 Å². The van der Waals surface area contributed by atoms with Crippen LogP contribution in [0.15, 0.2) is 52.9 Å². The number of pyridine rings is 1. The quantitative estimate of drug-likeness (QED) is 0.672. The van der Waals surface area contributed by atoms with Gasteiger partial charge in [0.1, 0.15) is 5.75 Å². The smallest absolute Gasteiger partial charge is 0.240 e. The molecule has 0 aliphatic heterocycles. The standard InChI is InChI=1S/C18H19N3O3S2/c1-13-11-14(6-7-17(13)24-2)26(22,23)20-10-8-18-21-16(12-25-18)15-5-3-4-9-19-15/h3-7,9,11-12,20H,8,10H2,1-2H3. The summed E-state index contributed by atoms with van der Waals surface area (Å²) in [5.74, 6) is 0.661. The van der Waals surface area contributed by atoms with Crippen LogP contribution in [0.4, 0.5) is 0 Å². The molecule has 0 saturated heterocycles. The Hall–Kier alpha value is -2.29. The van der Waals surface area contributed by atoms with E-state index in [9.17, 15) is 8.42 Å². The normalized spacial score (nSPS) is 11.5. The van der Waals surface area contributed by atoms with Crippen molar-refractivity contribution in [2.45, 2.75) is 18.2 Å². The number of aromatic nitrogens is 2. The third-order valence-corrected chi connectivity index (χ3v) is 6.15. The molecule has 0 aliphatic carbocycles. The number of hydrogen-bond donors (Lipinski definition) is 1. The number of ether oxygens (including phenoxy) is 1. The second kappa shape index (κ2) is 7.94. The zero-order valence-corrected chi connectivity index (χ0v) is 16.1. The molecule has 136 valence electrons. The van der Waals surface area contributed by atoms with Gasteiger partial charge in [0, 0.05) is 24.5 Å². The van der Waals surface area contributed by atoms with Crippen molar-refractivity contribution in [1.82, 2.24) is 14.7 Å². The zero-order valence-electron chi connectivity index (χ0n) is 14.5. The summed E-state index contributed by atoms with van der Waals surface area (Å²) >= 11 is 1.50. The molecule has 1 N–H and O–H groups in total. The molecule has 0 fully saturated rings. The van der Waals surface area contributed by atoms with Crippen LogP contribution < -0.4 is 9.46 Å². The van der Waals surface area contributed by atoms with Crippen molar-refractivity contribution in [2.24, 2.45) is 0 Å². The largest absolute Gasteiger partial charge is 0.496 e. The van der Waals surface area contributed by atoms with E-state index in [4.69, 9.17) is 4.74 Å². The van der Waals surface area contributed by atoms with Crippen molar-refractivity contribution < 1.29 is 13.2 Å². The lowest BCUT2D eigenvalue weighted by Gasteiger charge is -2.09. The van der Waals surface area contributed by atoms with Crippen LogP contribution in [-0.4, -0.2) is 32.0 Å². The Kier molecular flexibility index (Phi) is 5.65. The molecule has 0 aliphatic rings. The lowest BCUT2D eigenvalue weighted by Crippen LogP contribution is -2.26. The van der Waals surface area contributed by atoms with Crippen LogP contribution >= 0.6 is 11.3 Å². The van der Waals surface area contributed by atoms with E-state index >= 15 is 0 Å². The third-order valence-electron chi connectivity index (χ3n) is 3.79. The van der Waals surface area contributed by atoms with Crippen molar-refractivity contribution >= 4 is 21.4 Å². The maximum atomic E-state index is 12.4. The van der Waals surface area contributed by atoms with E-state index in [-0.39, 0.29) is 11.4 Å². The van der Waals surface area contributed by atoms with Gasteiger partial charge in [-0.1, -0.05) is 6.07 Å². The average molecular weight is 390 g/mol. The van der Waals surface area contributed by atoms with Gasteiger partial charge in [0.15, 0.2) is 0 Å². The molecule has 26 heavy (non-hydrogen) atoms. The van der Waals surface area contributed by atoms with Crippen LogP contribution in [0, 0.1) is 6.92 Å². The molecule has 1 aromatic carbocycles. The van der Waals surface area contributed by atoms with E-state index in [2.05, 4.69) is 14.7 Å². The van der Waals surface area contributed by atoms with E-state index in [1.807, 2.05) is 30.5 Å². The van der Waals surface area contributed by atoms with Gasteiger partial charge in [0.25, 0.3) is 0 Å². The number of hydrogen-bond acceptors (Lipinski definition) is 6. The Labute approximate surface area is 157 Å². The second-order valence-corrected chi connectivity index (χ2v) is 8.33. The summed E-state index contributed by atoms with van der Waals surface area (Å²) < 4.78 is 32.6. The van der Waals surface area contributed by atoms with Crippen LogP contribution in [0.2, 0.25) is 0 Å². The van der Waals surface area contributed by atoms with Crippen LogP contribution in [0.3, 0.4) is 0 Å². The highest BCUT2D eigenvalue weighted by Gasteiger charge is 2.15. The molecule has 0 spiro atoms. The van der Waals surface area contributed by atoms with Gasteiger partial charge >= 0.3 is 0 Å². The molecule has 6 nitrogen and oxygen atoms in total. The number of nitrogens with one attached hydrogen (secondary N) is 1. The zero-order chi connectivity index (χ0) is 18.6. The van der Waals surface area contributed by atoms with Crippen LogP contribution in [0.25, 0.3) is 11.4 Å². The fourth-order valence-corrected chi connectivity index (χ4v) is 4.36. The van der Waals surface area contributed by atoms with E-state index in [1.54, 1.807) is 25.4 Å². The Morgan fingerprint density at radius 3 is 2.73 bits per heavy atom. The number of rotatable bonds is 7. The van der Waals surface area contributed by atoms with Crippen molar-refractivity contribution in [1.29, 1.82) is 0 Å². The summed E-state index contributed by atoms with van der Waals surface area (Å²) in [6.07, 6.45) is 2.24. The number of benzene rings is 1. The minimum atomic E-state index is -3.56. The molecule has 0 saturated carbocycles. The summed E-state index contributed by atoms with van der Waals surface area (Å²) in [7, 11) is -2.01. The molecular formula is C18H19N3O3S2. The fourth-order valence-electron chi connectivity index (χ4n) is 2.45. The third kappa shape index (κ3) is 4.27. The highest BCUT2D eigenvalue weighted by molar-refractivity contribution is 7.89. The van der Waals surface area contributed by atoms with Crippen molar-refractivity contribution in [3.05, 3.63) is 58.5 Å². The Bertz CT molecular complexity index is 986. The first kappa shape index (κ1) is 18.5. The number of aryl methyl sites for hydroxylation is 1. The fraction of sp³-hybridized carbons (Fsp3) is 0.222. The van der Waals surface area contributed by atoms with E-state index in [1.165, 1.54) is 17.4 Å². The van der Waals surface area contributed by atoms with Gasteiger partial charge < -0.3 is 4.74 Å². The van der Waals surface area contributed by atoms with Crippen LogP contribution in [-0.2, 0) is 16.4 Å². The van der Waals surface area contributed by atoms with Gasteiger partial charge in [-0.3, -0.25) is 4.98 Å². The highest BCUT2D eigenvalue weighted by atomic mass is 32.2. The predicted molar refractivity (Wildman–Crippen MR) is 102 cm³/mol. The number of nitrogens with zero attached hydrogens (tertiary/aromatic N) is 2. The number of thiazole rings is 1. The first-order valence-corrected chi connectivity index (χ1v) is 10.4. The van der Waals surface area contributed by atoms with E-state index < -0.39 is 10.0 Å². The van der Waals surface area contributed by atoms with Crippen molar-refractivity contribution in [2.75, 3.05) is 13.7 Å². The topological polar surface area (TPSA) is 81.2 Å². The monoisotopic (exact) mass is 389 g/mol. The maximum Gasteiger partial charge on any atom is 0.240 e. The minimum Gasteiger partial charge on any atom is -0.496 e. The molecular weight excluding hydrogens is 370 g/mol. The molecule has 2 heterocycles. The van der Waals surface area contributed by atoms with Crippen LogP contribution in [0.1, 0.15) is 10.6 Å². The van der Waals surface area contributed by atoms with Gasteiger partial charge in [-0.15, -0.1) is 11.3 Å². The Balaban J connectivity index is 1.62. The molecule has 0 unspecified atom stereocenters. The molecule has 0 amide bonds. The summed E-state index contributed by atoms with van der Waals surface area (Å²) in [6.45, 7) is 2.09. The Morgan fingerprint density at radius 2 is 2.04 bits per heavy atom. The first-order chi connectivity index (χ1) is 12.5. The van der Waals surface area contributed by atoms with Gasteiger partial charge in [0.05, 0.1) is 28.4 Å². The summed E-state index contributed by atoms with van der Waals surface area (Å²) in [6, 6.07) is 10.5. The van der Waals surface area contributed by atoms with Gasteiger partial charge in [-0.05, 0) is 42.8 Å². The van der Waals surface area contributed by atoms with Crippen LogP contribution in [0.5, 0.6) is 5.75 Å². The van der Waals surface area contributed by atoms with E-state index in [0.717, 1.165) is 22.0 Å². The molecule has 2 aromatic heterocycles. The SMILES string of the molecule is COc1ccc(S(=O)(=O)NCCc2nc(-c3ccccn3)cs2)cc1C. The van der Waals surface area contributed by atoms with Gasteiger partial charge in [-0.25, -0.2) is 18.1 Å². The average Bonchev–Trinajstić information content (AvgIpc) is 3.11. The lowest BCUT2D eigenvalue weighted by atomic mass is 10.2. The van der Waals surface area contributed by atoms with Crippen molar-refractivity contribution in [3.63, 3.8) is 0 Å². The summed E-state index contributed by atoms with van der Waals surface area (Å²) in [4.78, 5) is 9.01. The molecule has 3 rings (SSSR count). The Morgan fingerprint density at radius 1 is 1.19 bits per heavy atom. The minimum absolute atomic E-state index is 0.226. The van der Waals surface area contributed by atoms with Crippen molar-refractivity contribution in [3.8, 4) is 17.1 Å². The predicted octanol–water partition coefficient (Wildman–Crippen LogP) is 3.04. The molecule has 0 atom stereocenters. The molecule has 0 bridgehead atoms. The molecule has 8 heteroatoms. The lowest BCUT2D eigenvalue weighted by molar-refractivity contribution is 0.411.